The topological polar surface area (TPSA) is 34.1 Å². The fourth-order valence-corrected chi connectivity index (χ4v) is 4.48. The quantitative estimate of drug-likeness (QED) is 0.621. The van der Waals surface area contributed by atoms with Crippen molar-refractivity contribution in [1.82, 2.24) is 0 Å². The first-order valence-electron chi connectivity index (χ1n) is 4.18. The summed E-state index contributed by atoms with van der Waals surface area (Å²) in [6.45, 7) is 5.31. The number of halogens is 1. The molecule has 1 rings (SSSR count). The highest BCUT2D eigenvalue weighted by Gasteiger charge is 2.45. The Labute approximate surface area is 79.2 Å². The molecule has 4 heteroatoms. The van der Waals surface area contributed by atoms with Gasteiger partial charge in [0, 0.05) is 0 Å². The highest BCUT2D eigenvalue weighted by Crippen LogP contribution is 2.37. The Morgan fingerprint density at radius 3 is 2.00 bits per heavy atom. The number of sulfone groups is 1. The summed E-state index contributed by atoms with van der Waals surface area (Å²) in [5.41, 5.74) is 0. The highest BCUT2D eigenvalue weighted by atomic mass is 35.5. The van der Waals surface area contributed by atoms with Gasteiger partial charge in [-0.05, 0) is 33.6 Å². The van der Waals surface area contributed by atoms with E-state index in [-0.39, 0.29) is 10.5 Å². The van der Waals surface area contributed by atoms with Crippen LogP contribution < -0.4 is 0 Å². The van der Waals surface area contributed by atoms with Gasteiger partial charge in [-0.1, -0.05) is 0 Å². The first kappa shape index (κ1) is 10.3. The molecule has 0 aromatic rings. The molecule has 1 heterocycles. The molecule has 12 heavy (non-hydrogen) atoms. The van der Waals surface area contributed by atoms with E-state index in [0.29, 0.717) is 6.42 Å². The molecule has 72 valence electrons. The van der Waals surface area contributed by atoms with E-state index in [1.54, 1.807) is 20.8 Å². The predicted octanol–water partition coefficient (Wildman–Crippen LogP) is 1.97. The monoisotopic (exact) mass is 210 g/mol. The Kier molecular flexibility index (Phi) is 2.47. The summed E-state index contributed by atoms with van der Waals surface area (Å²) in [5.74, 6) is 0. The molecule has 0 aliphatic carbocycles. The van der Waals surface area contributed by atoms with Crippen molar-refractivity contribution >= 4 is 21.4 Å². The zero-order chi connectivity index (χ0) is 9.57. The van der Waals surface area contributed by atoms with Gasteiger partial charge >= 0.3 is 0 Å². The lowest BCUT2D eigenvalue weighted by Gasteiger charge is -2.23. The second-order valence-corrected chi connectivity index (χ2v) is 7.56. The average molecular weight is 211 g/mol. The van der Waals surface area contributed by atoms with Gasteiger partial charge in [0.25, 0.3) is 0 Å². The van der Waals surface area contributed by atoms with Gasteiger partial charge in [-0.15, -0.1) is 11.6 Å². The molecule has 0 aromatic carbocycles. The van der Waals surface area contributed by atoms with Crippen molar-refractivity contribution < 1.29 is 8.42 Å². The molecular weight excluding hydrogens is 196 g/mol. The normalized spacial score (nSPS) is 35.3. The van der Waals surface area contributed by atoms with Crippen molar-refractivity contribution in [2.75, 3.05) is 0 Å². The van der Waals surface area contributed by atoms with Crippen LogP contribution >= 0.6 is 11.6 Å². The summed E-state index contributed by atoms with van der Waals surface area (Å²) in [7, 11) is -2.96. The second kappa shape index (κ2) is 2.88. The minimum atomic E-state index is -2.96. The van der Waals surface area contributed by atoms with Gasteiger partial charge in [0.15, 0.2) is 9.84 Å². The minimum Gasteiger partial charge on any atom is -0.228 e. The largest absolute Gasteiger partial charge is 0.228 e. The maximum absolute atomic E-state index is 11.7. The van der Waals surface area contributed by atoms with Crippen LogP contribution in [0, 0.1) is 0 Å². The van der Waals surface area contributed by atoms with Crippen molar-refractivity contribution in [3.05, 3.63) is 0 Å². The first-order valence-corrected chi connectivity index (χ1v) is 6.16. The van der Waals surface area contributed by atoms with Crippen LogP contribution in [0.2, 0.25) is 0 Å². The van der Waals surface area contributed by atoms with Gasteiger partial charge in [-0.2, -0.15) is 0 Å². The van der Waals surface area contributed by atoms with Crippen LogP contribution in [0.4, 0.5) is 0 Å². The summed E-state index contributed by atoms with van der Waals surface area (Å²) in [4.78, 5) is -0.621. The van der Waals surface area contributed by atoms with E-state index < -0.39 is 14.7 Å². The van der Waals surface area contributed by atoms with Gasteiger partial charge in [0.05, 0.1) is 15.4 Å². The third-order valence-electron chi connectivity index (χ3n) is 2.56. The maximum Gasteiger partial charge on any atom is 0.157 e. The third-order valence-corrected chi connectivity index (χ3v) is 5.93. The van der Waals surface area contributed by atoms with Crippen LogP contribution in [0.1, 0.15) is 33.6 Å². The van der Waals surface area contributed by atoms with Crippen LogP contribution in [0.15, 0.2) is 0 Å². The summed E-state index contributed by atoms with van der Waals surface area (Å²) in [5, 5.41) is -0.567. The summed E-state index contributed by atoms with van der Waals surface area (Å²) < 4.78 is 23.3. The zero-order valence-corrected chi connectivity index (χ0v) is 9.24. The van der Waals surface area contributed by atoms with Crippen molar-refractivity contribution in [3.8, 4) is 0 Å². The van der Waals surface area contributed by atoms with Crippen LogP contribution in [-0.4, -0.2) is 23.8 Å². The lowest BCUT2D eigenvalue weighted by molar-refractivity contribution is 0.556. The Morgan fingerprint density at radius 2 is 1.83 bits per heavy atom. The number of hydrogen-bond donors (Lipinski definition) is 0. The summed E-state index contributed by atoms with van der Waals surface area (Å²) >= 11 is 6.01. The smallest absolute Gasteiger partial charge is 0.157 e. The number of rotatable bonds is 1. The van der Waals surface area contributed by atoms with Crippen LogP contribution in [0.25, 0.3) is 0 Å². The Bertz CT molecular complexity index is 263. The van der Waals surface area contributed by atoms with Gasteiger partial charge in [0.1, 0.15) is 0 Å². The van der Waals surface area contributed by atoms with Gasteiger partial charge in [0.2, 0.25) is 0 Å². The minimum absolute atomic E-state index is 0.208. The van der Waals surface area contributed by atoms with Crippen molar-refractivity contribution in [1.29, 1.82) is 0 Å². The van der Waals surface area contributed by atoms with Gasteiger partial charge in [-0.25, -0.2) is 8.42 Å². The molecule has 0 bridgehead atoms. The van der Waals surface area contributed by atoms with E-state index in [0.717, 1.165) is 6.42 Å². The van der Waals surface area contributed by atoms with Gasteiger partial charge < -0.3 is 0 Å². The van der Waals surface area contributed by atoms with Crippen molar-refractivity contribution in [2.24, 2.45) is 0 Å². The van der Waals surface area contributed by atoms with Crippen LogP contribution in [0.5, 0.6) is 0 Å². The lowest BCUT2D eigenvalue weighted by atomic mass is 10.0. The molecule has 1 saturated heterocycles. The Balaban J connectivity index is 2.98. The van der Waals surface area contributed by atoms with E-state index in [1.807, 2.05) is 0 Å². The highest BCUT2D eigenvalue weighted by molar-refractivity contribution is 7.93. The summed E-state index contributed by atoms with van der Waals surface area (Å²) in [6, 6.07) is 0. The average Bonchev–Trinajstić information content (AvgIpc) is 2.06. The number of hydrogen-bond acceptors (Lipinski definition) is 2. The summed E-state index contributed by atoms with van der Waals surface area (Å²) in [6.07, 6.45) is 1.46. The SMILES string of the molecule is CC1CCC(C(C)(C)Cl)S1(=O)=O. The predicted molar refractivity (Wildman–Crippen MR) is 51.3 cm³/mol. The fraction of sp³-hybridized carbons (Fsp3) is 1.00. The van der Waals surface area contributed by atoms with E-state index in [9.17, 15) is 8.42 Å². The lowest BCUT2D eigenvalue weighted by Crippen LogP contribution is -2.36. The zero-order valence-electron chi connectivity index (χ0n) is 7.67. The van der Waals surface area contributed by atoms with E-state index >= 15 is 0 Å². The van der Waals surface area contributed by atoms with Gasteiger partial charge in [-0.3, -0.25) is 0 Å². The van der Waals surface area contributed by atoms with E-state index in [4.69, 9.17) is 11.6 Å². The Hall–Kier alpha value is 0.240. The molecule has 1 aliphatic heterocycles. The molecule has 1 aliphatic rings. The third kappa shape index (κ3) is 1.62. The Morgan fingerprint density at radius 1 is 1.33 bits per heavy atom. The van der Waals surface area contributed by atoms with E-state index in [2.05, 4.69) is 0 Å². The fourth-order valence-electron chi connectivity index (χ4n) is 1.73. The molecule has 0 spiro atoms. The molecule has 0 radical (unpaired) electrons. The molecule has 2 nitrogen and oxygen atoms in total. The van der Waals surface area contributed by atoms with Crippen LogP contribution in [0.3, 0.4) is 0 Å². The van der Waals surface area contributed by atoms with Crippen molar-refractivity contribution in [2.45, 2.75) is 49.0 Å². The molecule has 2 unspecified atom stereocenters. The molecule has 0 aromatic heterocycles. The maximum atomic E-state index is 11.7. The molecule has 0 amide bonds. The molecule has 2 atom stereocenters. The standard InChI is InChI=1S/C8H15ClO2S/c1-6-4-5-7(8(2,3)9)12(6,10)11/h6-7H,4-5H2,1-3H3. The van der Waals surface area contributed by atoms with E-state index in [1.165, 1.54) is 0 Å². The molecule has 0 saturated carbocycles. The molecule has 0 N–H and O–H groups in total. The first-order chi connectivity index (χ1) is 5.26. The van der Waals surface area contributed by atoms with Crippen LogP contribution in [-0.2, 0) is 9.84 Å². The van der Waals surface area contributed by atoms with Crippen molar-refractivity contribution in [3.63, 3.8) is 0 Å². The molecular formula is C8H15ClO2S. The molecule has 1 fully saturated rings. The number of alkyl halides is 1. The second-order valence-electron chi connectivity index (χ2n) is 4.03.